The molecule has 0 bridgehead atoms. The predicted molar refractivity (Wildman–Crippen MR) is 73.2 cm³/mol. The molecule has 1 aliphatic heterocycles. The zero-order valence-electron chi connectivity index (χ0n) is 10.2. The molecular weight excluding hydrogens is 222 g/mol. The minimum absolute atomic E-state index is 0.317. The SMILES string of the molecule is CC1(c2ccccc2O)NC=Cc2ccccc21. The highest BCUT2D eigenvalue weighted by molar-refractivity contribution is 5.62. The van der Waals surface area contributed by atoms with Gasteiger partial charge in [-0.25, -0.2) is 0 Å². The van der Waals surface area contributed by atoms with Crippen LogP contribution in [0.1, 0.15) is 23.6 Å². The van der Waals surface area contributed by atoms with Crippen molar-refractivity contribution in [3.05, 3.63) is 71.4 Å². The first kappa shape index (κ1) is 10.9. The summed E-state index contributed by atoms with van der Waals surface area (Å²) in [5.41, 5.74) is 2.86. The van der Waals surface area contributed by atoms with Crippen molar-refractivity contribution in [2.75, 3.05) is 0 Å². The average molecular weight is 237 g/mol. The van der Waals surface area contributed by atoms with E-state index in [1.54, 1.807) is 6.07 Å². The maximum Gasteiger partial charge on any atom is 0.121 e. The number of para-hydroxylation sites is 1. The van der Waals surface area contributed by atoms with Crippen molar-refractivity contribution in [3.63, 3.8) is 0 Å². The highest BCUT2D eigenvalue weighted by atomic mass is 16.3. The first-order valence-corrected chi connectivity index (χ1v) is 6.04. The minimum atomic E-state index is -0.392. The molecule has 0 amide bonds. The van der Waals surface area contributed by atoms with Crippen LogP contribution >= 0.6 is 0 Å². The monoisotopic (exact) mass is 237 g/mol. The maximum atomic E-state index is 10.1. The Morgan fingerprint density at radius 3 is 2.39 bits per heavy atom. The molecule has 90 valence electrons. The predicted octanol–water partition coefficient (Wildman–Crippen LogP) is 3.23. The lowest BCUT2D eigenvalue weighted by Crippen LogP contribution is -2.39. The molecule has 1 atom stereocenters. The van der Waals surface area contributed by atoms with Gasteiger partial charge in [0, 0.05) is 5.56 Å². The average Bonchev–Trinajstić information content (AvgIpc) is 2.40. The third-order valence-corrected chi connectivity index (χ3v) is 3.58. The van der Waals surface area contributed by atoms with Crippen LogP contribution in [0.25, 0.3) is 6.08 Å². The summed E-state index contributed by atoms with van der Waals surface area (Å²) in [6.07, 6.45) is 3.99. The summed E-state index contributed by atoms with van der Waals surface area (Å²) in [6.45, 7) is 2.09. The molecule has 0 saturated heterocycles. The Morgan fingerprint density at radius 1 is 0.944 bits per heavy atom. The molecule has 0 aromatic heterocycles. The first-order valence-electron chi connectivity index (χ1n) is 6.04. The summed E-state index contributed by atoms with van der Waals surface area (Å²) in [5.74, 6) is 0.317. The molecule has 3 rings (SSSR count). The molecule has 0 saturated carbocycles. The van der Waals surface area contributed by atoms with Crippen LogP contribution in [0, 0.1) is 0 Å². The Hall–Kier alpha value is -2.22. The number of hydrogen-bond donors (Lipinski definition) is 2. The number of benzene rings is 2. The summed E-state index contributed by atoms with van der Waals surface area (Å²) >= 11 is 0. The van der Waals surface area contributed by atoms with Gasteiger partial charge in [-0.2, -0.15) is 0 Å². The van der Waals surface area contributed by atoms with E-state index in [4.69, 9.17) is 0 Å². The van der Waals surface area contributed by atoms with E-state index in [-0.39, 0.29) is 0 Å². The summed E-state index contributed by atoms with van der Waals surface area (Å²) in [6, 6.07) is 15.7. The van der Waals surface area contributed by atoms with E-state index in [1.165, 1.54) is 11.1 Å². The Bertz CT molecular complexity index is 618. The van der Waals surface area contributed by atoms with Crippen LogP contribution in [0.4, 0.5) is 0 Å². The second kappa shape index (κ2) is 3.91. The van der Waals surface area contributed by atoms with Crippen LogP contribution < -0.4 is 5.32 Å². The van der Waals surface area contributed by atoms with Gasteiger partial charge >= 0.3 is 0 Å². The number of rotatable bonds is 1. The smallest absolute Gasteiger partial charge is 0.121 e. The summed E-state index contributed by atoms with van der Waals surface area (Å²) in [5, 5.41) is 13.5. The molecule has 2 N–H and O–H groups in total. The summed E-state index contributed by atoms with van der Waals surface area (Å²) in [4.78, 5) is 0. The van der Waals surface area contributed by atoms with Gasteiger partial charge in [0.1, 0.15) is 5.75 Å². The standard InChI is InChI=1S/C16H15NO/c1-16(14-8-4-5-9-15(14)18)13-7-3-2-6-12(13)10-11-17-16/h2-11,17-18H,1H3. The Balaban J connectivity index is 2.23. The zero-order valence-corrected chi connectivity index (χ0v) is 10.2. The third-order valence-electron chi connectivity index (χ3n) is 3.58. The lowest BCUT2D eigenvalue weighted by Gasteiger charge is -2.35. The van der Waals surface area contributed by atoms with E-state index in [2.05, 4.69) is 30.4 Å². The van der Waals surface area contributed by atoms with Crippen molar-refractivity contribution in [2.45, 2.75) is 12.5 Å². The van der Waals surface area contributed by atoms with E-state index < -0.39 is 5.54 Å². The lowest BCUT2D eigenvalue weighted by atomic mass is 9.80. The van der Waals surface area contributed by atoms with Crippen molar-refractivity contribution >= 4 is 6.08 Å². The Labute approximate surface area is 107 Å². The van der Waals surface area contributed by atoms with E-state index in [0.29, 0.717) is 5.75 Å². The van der Waals surface area contributed by atoms with Crippen molar-refractivity contribution < 1.29 is 5.11 Å². The number of nitrogens with one attached hydrogen (secondary N) is 1. The quantitative estimate of drug-likeness (QED) is 0.798. The molecule has 2 heteroatoms. The molecule has 2 aromatic rings. The van der Waals surface area contributed by atoms with Gasteiger partial charge in [0.2, 0.25) is 0 Å². The molecular formula is C16H15NO. The lowest BCUT2D eigenvalue weighted by molar-refractivity contribution is 0.428. The van der Waals surface area contributed by atoms with Crippen LogP contribution in [-0.2, 0) is 5.54 Å². The van der Waals surface area contributed by atoms with E-state index in [0.717, 1.165) is 5.56 Å². The number of hydrogen-bond acceptors (Lipinski definition) is 2. The molecule has 0 spiro atoms. The highest BCUT2D eigenvalue weighted by Gasteiger charge is 2.33. The number of aromatic hydroxyl groups is 1. The van der Waals surface area contributed by atoms with Crippen molar-refractivity contribution in [2.24, 2.45) is 0 Å². The number of fused-ring (bicyclic) bond motifs is 1. The van der Waals surface area contributed by atoms with Gasteiger partial charge in [0.05, 0.1) is 5.54 Å². The van der Waals surface area contributed by atoms with Crippen molar-refractivity contribution in [3.8, 4) is 5.75 Å². The van der Waals surface area contributed by atoms with Gasteiger partial charge < -0.3 is 10.4 Å². The first-order chi connectivity index (χ1) is 8.72. The van der Waals surface area contributed by atoms with Gasteiger partial charge in [-0.05, 0) is 36.4 Å². The van der Waals surface area contributed by atoms with Crippen LogP contribution in [0.2, 0.25) is 0 Å². The third kappa shape index (κ3) is 1.50. The van der Waals surface area contributed by atoms with Crippen molar-refractivity contribution in [1.82, 2.24) is 5.32 Å². The molecule has 0 radical (unpaired) electrons. The number of phenolic OH excluding ortho intramolecular Hbond substituents is 1. The normalized spacial score (nSPS) is 21.2. The maximum absolute atomic E-state index is 10.1. The zero-order chi connectivity index (χ0) is 12.6. The van der Waals surface area contributed by atoms with Crippen molar-refractivity contribution in [1.29, 1.82) is 0 Å². The van der Waals surface area contributed by atoms with E-state index in [9.17, 15) is 5.11 Å². The second-order valence-electron chi connectivity index (χ2n) is 4.71. The van der Waals surface area contributed by atoms with Crippen LogP contribution in [0.3, 0.4) is 0 Å². The molecule has 1 aliphatic rings. The molecule has 0 fully saturated rings. The topological polar surface area (TPSA) is 32.3 Å². The summed E-state index contributed by atoms with van der Waals surface area (Å²) < 4.78 is 0. The highest BCUT2D eigenvalue weighted by Crippen LogP contribution is 2.38. The fourth-order valence-electron chi connectivity index (χ4n) is 2.59. The Kier molecular flexibility index (Phi) is 2.37. The number of phenols is 1. The fraction of sp³-hybridized carbons (Fsp3) is 0.125. The second-order valence-corrected chi connectivity index (χ2v) is 4.71. The van der Waals surface area contributed by atoms with Crippen LogP contribution in [0.15, 0.2) is 54.7 Å². The molecule has 2 nitrogen and oxygen atoms in total. The van der Waals surface area contributed by atoms with Gasteiger partial charge in [0.15, 0.2) is 0 Å². The van der Waals surface area contributed by atoms with Crippen LogP contribution in [0.5, 0.6) is 5.75 Å². The van der Waals surface area contributed by atoms with Gasteiger partial charge in [-0.3, -0.25) is 0 Å². The van der Waals surface area contributed by atoms with E-state index >= 15 is 0 Å². The fourth-order valence-corrected chi connectivity index (χ4v) is 2.59. The molecule has 1 unspecified atom stereocenters. The summed E-state index contributed by atoms with van der Waals surface area (Å²) in [7, 11) is 0. The van der Waals surface area contributed by atoms with Crippen LogP contribution in [-0.4, -0.2) is 5.11 Å². The molecule has 1 heterocycles. The van der Waals surface area contributed by atoms with Gasteiger partial charge in [-0.15, -0.1) is 0 Å². The molecule has 18 heavy (non-hydrogen) atoms. The van der Waals surface area contributed by atoms with Gasteiger partial charge in [-0.1, -0.05) is 42.5 Å². The van der Waals surface area contributed by atoms with E-state index in [1.807, 2.05) is 36.5 Å². The molecule has 2 aromatic carbocycles. The largest absolute Gasteiger partial charge is 0.508 e. The Morgan fingerprint density at radius 2 is 1.61 bits per heavy atom. The molecule has 0 aliphatic carbocycles. The van der Waals surface area contributed by atoms with Gasteiger partial charge in [0.25, 0.3) is 0 Å². The minimum Gasteiger partial charge on any atom is -0.508 e.